The van der Waals surface area contributed by atoms with E-state index in [4.69, 9.17) is 4.74 Å². The number of carbonyl (C=O) groups excluding carboxylic acids is 1. The average Bonchev–Trinajstić information content (AvgIpc) is 2.79. The molecule has 1 saturated carbocycles. The second kappa shape index (κ2) is 9.06. The number of hydrazone groups is 1. The van der Waals surface area contributed by atoms with Crippen LogP contribution in [-0.2, 0) is 9.53 Å². The molecule has 4 nitrogen and oxygen atoms in total. The van der Waals surface area contributed by atoms with Crippen LogP contribution in [0.25, 0.3) is 0 Å². The fraction of sp³-hybridized carbons (Fsp3) is 0.867. The summed E-state index contributed by atoms with van der Waals surface area (Å²) in [4.78, 5) is 11.6. The van der Waals surface area contributed by atoms with Crippen LogP contribution in [0.5, 0.6) is 0 Å². The fourth-order valence-corrected chi connectivity index (χ4v) is 3.03. The van der Waals surface area contributed by atoms with Crippen molar-refractivity contribution in [3.63, 3.8) is 0 Å². The maximum absolute atomic E-state index is 11.6. The molecule has 1 aliphatic carbocycles. The molecule has 2 aliphatic rings. The van der Waals surface area contributed by atoms with Crippen molar-refractivity contribution in [2.75, 3.05) is 20.3 Å². The third kappa shape index (κ3) is 5.49. The van der Waals surface area contributed by atoms with Crippen molar-refractivity contribution in [1.29, 1.82) is 0 Å². The monoisotopic (exact) mass is 334 g/mol. The molecule has 0 bridgehead atoms. The topological polar surface area (TPSA) is 41.9 Å². The Morgan fingerprint density at radius 1 is 1.43 bits per heavy atom. The van der Waals surface area contributed by atoms with Crippen LogP contribution in [0.2, 0.25) is 0 Å². The highest BCUT2D eigenvalue weighted by Gasteiger charge is 2.35. The molecule has 21 heavy (non-hydrogen) atoms. The summed E-state index contributed by atoms with van der Waals surface area (Å²) in [6.07, 6.45) is 6.71. The van der Waals surface area contributed by atoms with Crippen LogP contribution in [0, 0.1) is 11.3 Å². The van der Waals surface area contributed by atoms with Crippen molar-refractivity contribution in [2.45, 2.75) is 52.0 Å². The zero-order chi connectivity index (χ0) is 13.9. The molecule has 0 spiro atoms. The lowest BCUT2D eigenvalue weighted by Gasteiger charge is -2.35. The Morgan fingerprint density at radius 2 is 2.14 bits per heavy atom. The molecule has 0 aromatic rings. The highest BCUT2D eigenvalue weighted by atomic mass is 32.1. The second-order valence-electron chi connectivity index (χ2n) is 6.52. The van der Waals surface area contributed by atoms with E-state index in [-0.39, 0.29) is 38.3 Å². The number of methoxy groups -OCH3 is 1. The summed E-state index contributed by atoms with van der Waals surface area (Å²) in [5, 5.41) is 6.79. The van der Waals surface area contributed by atoms with Crippen molar-refractivity contribution in [3.05, 3.63) is 0 Å². The van der Waals surface area contributed by atoms with E-state index in [2.05, 4.69) is 24.0 Å². The standard InChI is InChI=1S/C15H26N2O2.2H2S/c1-15(2)7-6-14(18)9-12(15)10-16-17-8-4-5-13(17)11-19-3;;/h10,12-13H,4-9,11H2,1-3H3;2*1H2/b16-10+;;/t12-,13+;;/m1../s1. The minimum absolute atomic E-state index is 0. The first-order valence-electron chi connectivity index (χ1n) is 7.34. The van der Waals surface area contributed by atoms with Gasteiger partial charge in [0.05, 0.1) is 12.6 Å². The molecule has 0 N–H and O–H groups in total. The van der Waals surface area contributed by atoms with Crippen LogP contribution in [0.4, 0.5) is 0 Å². The Morgan fingerprint density at radius 3 is 2.81 bits per heavy atom. The molecule has 0 aromatic heterocycles. The van der Waals surface area contributed by atoms with E-state index in [9.17, 15) is 4.79 Å². The van der Waals surface area contributed by atoms with Crippen molar-refractivity contribution < 1.29 is 9.53 Å². The first kappa shape index (κ1) is 20.8. The number of hydrogen-bond donors (Lipinski definition) is 0. The lowest BCUT2D eigenvalue weighted by atomic mass is 9.69. The Bertz CT molecular complexity index is 362. The van der Waals surface area contributed by atoms with E-state index in [0.717, 1.165) is 32.4 Å². The molecule has 1 heterocycles. The smallest absolute Gasteiger partial charge is 0.133 e. The van der Waals surface area contributed by atoms with Gasteiger partial charge in [0.1, 0.15) is 5.78 Å². The number of carbonyl (C=O) groups is 1. The second-order valence-corrected chi connectivity index (χ2v) is 6.52. The average molecular weight is 335 g/mol. The Labute approximate surface area is 142 Å². The molecule has 6 heteroatoms. The van der Waals surface area contributed by atoms with Gasteiger partial charge in [0.25, 0.3) is 0 Å². The van der Waals surface area contributed by atoms with Gasteiger partial charge >= 0.3 is 0 Å². The summed E-state index contributed by atoms with van der Waals surface area (Å²) in [5.74, 6) is 0.656. The molecule has 124 valence electrons. The van der Waals surface area contributed by atoms with Crippen LogP contribution in [0.1, 0.15) is 46.0 Å². The maximum atomic E-state index is 11.6. The van der Waals surface area contributed by atoms with Crippen LogP contribution >= 0.6 is 27.0 Å². The van der Waals surface area contributed by atoms with Crippen LogP contribution in [0.15, 0.2) is 5.10 Å². The third-order valence-electron chi connectivity index (χ3n) is 4.60. The van der Waals surface area contributed by atoms with Gasteiger partial charge in [-0.05, 0) is 24.7 Å². The Hall–Kier alpha value is -0.200. The minimum atomic E-state index is 0. The van der Waals surface area contributed by atoms with Gasteiger partial charge in [0, 0.05) is 38.6 Å². The Balaban J connectivity index is 0.00000200. The zero-order valence-electron chi connectivity index (χ0n) is 13.4. The molecule has 0 aromatic carbocycles. The molecule has 0 amide bonds. The van der Waals surface area contributed by atoms with Crippen molar-refractivity contribution in [3.8, 4) is 0 Å². The number of Topliss-reactive ketones (excluding diaryl/α,β-unsaturated/α-hetero) is 1. The molecule has 1 aliphatic heterocycles. The normalized spacial score (nSPS) is 28.3. The molecular formula is C15H30N2O2S2. The largest absolute Gasteiger partial charge is 0.382 e. The van der Waals surface area contributed by atoms with E-state index in [1.54, 1.807) is 7.11 Å². The van der Waals surface area contributed by atoms with Crippen molar-refractivity contribution in [2.24, 2.45) is 16.4 Å². The van der Waals surface area contributed by atoms with Crippen molar-refractivity contribution in [1.82, 2.24) is 5.01 Å². The highest BCUT2D eigenvalue weighted by molar-refractivity contribution is 7.59. The number of nitrogens with zero attached hydrogens (tertiary/aromatic N) is 2. The van der Waals surface area contributed by atoms with Crippen molar-refractivity contribution >= 4 is 39.0 Å². The van der Waals surface area contributed by atoms with Gasteiger partial charge < -0.3 is 4.74 Å². The van der Waals surface area contributed by atoms with E-state index in [0.29, 0.717) is 18.2 Å². The lowest BCUT2D eigenvalue weighted by Crippen LogP contribution is -2.34. The lowest BCUT2D eigenvalue weighted by molar-refractivity contribution is -0.123. The van der Waals surface area contributed by atoms with Crippen LogP contribution < -0.4 is 0 Å². The summed E-state index contributed by atoms with van der Waals surface area (Å²) in [7, 11) is 1.74. The van der Waals surface area contributed by atoms with Gasteiger partial charge in [-0.3, -0.25) is 9.80 Å². The summed E-state index contributed by atoms with van der Waals surface area (Å²) in [6, 6.07) is 0.406. The van der Waals surface area contributed by atoms with Crippen LogP contribution in [0.3, 0.4) is 0 Å². The SMILES string of the molecule is COC[C@@H]1CCCN1/N=C/[C@H]1CC(=O)CCC1(C)C.S.S. The summed E-state index contributed by atoms with van der Waals surface area (Å²) < 4.78 is 5.24. The molecule has 2 atom stereocenters. The molecule has 2 fully saturated rings. The third-order valence-corrected chi connectivity index (χ3v) is 4.60. The van der Waals surface area contributed by atoms with Gasteiger partial charge in [0.2, 0.25) is 0 Å². The highest BCUT2D eigenvalue weighted by Crippen LogP contribution is 2.38. The number of ketones is 1. The summed E-state index contributed by atoms with van der Waals surface area (Å²) in [5.41, 5.74) is 0.188. The molecular weight excluding hydrogens is 304 g/mol. The first-order chi connectivity index (χ1) is 9.03. The summed E-state index contributed by atoms with van der Waals surface area (Å²) in [6.45, 7) is 6.23. The van der Waals surface area contributed by atoms with Crippen LogP contribution in [-0.4, -0.2) is 43.3 Å². The summed E-state index contributed by atoms with van der Waals surface area (Å²) >= 11 is 0. The minimum Gasteiger partial charge on any atom is -0.382 e. The first-order valence-corrected chi connectivity index (χ1v) is 7.34. The fourth-order valence-electron chi connectivity index (χ4n) is 3.03. The van der Waals surface area contributed by atoms with Gasteiger partial charge in [-0.15, -0.1) is 0 Å². The quantitative estimate of drug-likeness (QED) is 0.742. The maximum Gasteiger partial charge on any atom is 0.133 e. The van der Waals surface area contributed by atoms with Gasteiger partial charge in [-0.2, -0.15) is 32.1 Å². The predicted molar refractivity (Wildman–Crippen MR) is 97.0 cm³/mol. The number of hydrogen-bond acceptors (Lipinski definition) is 4. The van der Waals surface area contributed by atoms with Gasteiger partial charge in [0.15, 0.2) is 0 Å². The number of rotatable bonds is 4. The molecule has 0 radical (unpaired) electrons. The van der Waals surface area contributed by atoms with Gasteiger partial charge in [-0.1, -0.05) is 13.8 Å². The molecule has 0 unspecified atom stereocenters. The van der Waals surface area contributed by atoms with E-state index in [1.165, 1.54) is 6.42 Å². The van der Waals surface area contributed by atoms with E-state index in [1.807, 2.05) is 6.21 Å². The Kier molecular flexibility index (Phi) is 8.97. The number of ether oxygens (including phenoxy) is 1. The van der Waals surface area contributed by atoms with Gasteiger partial charge in [-0.25, -0.2) is 0 Å². The molecule has 1 saturated heterocycles. The van der Waals surface area contributed by atoms with E-state index >= 15 is 0 Å². The van der Waals surface area contributed by atoms with E-state index < -0.39 is 0 Å². The zero-order valence-corrected chi connectivity index (χ0v) is 15.4. The molecule has 2 rings (SSSR count). The predicted octanol–water partition coefficient (Wildman–Crippen LogP) is 2.70.